The Morgan fingerprint density at radius 3 is 2.57 bits per heavy atom. The van der Waals surface area contributed by atoms with Crippen LogP contribution in [0.2, 0.25) is 0 Å². The van der Waals surface area contributed by atoms with E-state index >= 15 is 0 Å². The van der Waals surface area contributed by atoms with Crippen molar-refractivity contribution in [1.82, 2.24) is 19.8 Å². The molecule has 1 spiro atoms. The second-order valence-corrected chi connectivity index (χ2v) is 8.27. The van der Waals surface area contributed by atoms with Crippen molar-refractivity contribution in [3.63, 3.8) is 0 Å². The smallest absolute Gasteiger partial charge is 0.222 e. The van der Waals surface area contributed by atoms with Gasteiger partial charge >= 0.3 is 0 Å². The molecule has 0 aliphatic carbocycles. The molecule has 6 heteroatoms. The lowest BCUT2D eigenvalue weighted by molar-refractivity contribution is -0.140. The Bertz CT molecular complexity index is 831. The van der Waals surface area contributed by atoms with Gasteiger partial charge in [-0.1, -0.05) is 18.2 Å². The van der Waals surface area contributed by atoms with Crippen LogP contribution in [0.25, 0.3) is 0 Å². The average Bonchev–Trinajstić information content (AvgIpc) is 2.70. The van der Waals surface area contributed by atoms with Crippen molar-refractivity contribution in [1.29, 1.82) is 0 Å². The standard InChI is InChI=1S/C22H27FN4O/c1-17-12-25-19(13-24-17)15-27-16-22(7-6-21(27)28)8-10-26(11-9-22)14-18-4-2-3-5-20(18)23/h2-5,12-13H,6-11,14-16H2,1H3. The van der Waals surface area contributed by atoms with Crippen molar-refractivity contribution >= 4 is 5.91 Å². The fraction of sp³-hybridized carbons (Fsp3) is 0.500. The molecule has 4 rings (SSSR count). The van der Waals surface area contributed by atoms with Gasteiger partial charge in [0, 0.05) is 31.3 Å². The topological polar surface area (TPSA) is 49.3 Å². The van der Waals surface area contributed by atoms with Gasteiger partial charge in [0.25, 0.3) is 0 Å². The molecule has 5 nitrogen and oxygen atoms in total. The van der Waals surface area contributed by atoms with Crippen LogP contribution in [-0.4, -0.2) is 45.3 Å². The lowest BCUT2D eigenvalue weighted by Crippen LogP contribution is -2.51. The molecule has 2 saturated heterocycles. The van der Waals surface area contributed by atoms with Crippen molar-refractivity contribution in [2.24, 2.45) is 5.41 Å². The van der Waals surface area contributed by atoms with Crippen molar-refractivity contribution in [2.45, 2.75) is 45.7 Å². The number of halogens is 1. The summed E-state index contributed by atoms with van der Waals surface area (Å²) in [6.07, 6.45) is 7.17. The molecule has 148 valence electrons. The molecule has 1 amide bonds. The Labute approximate surface area is 165 Å². The van der Waals surface area contributed by atoms with E-state index in [1.165, 1.54) is 6.07 Å². The quantitative estimate of drug-likeness (QED) is 0.814. The van der Waals surface area contributed by atoms with Gasteiger partial charge in [-0.3, -0.25) is 19.7 Å². The molecule has 2 aliphatic rings. The van der Waals surface area contributed by atoms with Gasteiger partial charge in [0.1, 0.15) is 5.82 Å². The van der Waals surface area contributed by atoms with E-state index in [-0.39, 0.29) is 17.1 Å². The fourth-order valence-electron chi connectivity index (χ4n) is 4.40. The minimum Gasteiger partial charge on any atom is -0.336 e. The van der Waals surface area contributed by atoms with E-state index in [0.717, 1.165) is 55.8 Å². The van der Waals surface area contributed by atoms with E-state index in [9.17, 15) is 9.18 Å². The van der Waals surface area contributed by atoms with Crippen molar-refractivity contribution in [2.75, 3.05) is 19.6 Å². The molecule has 0 N–H and O–H groups in total. The van der Waals surface area contributed by atoms with Crippen LogP contribution in [0.15, 0.2) is 36.7 Å². The van der Waals surface area contributed by atoms with Gasteiger partial charge in [0.05, 0.1) is 24.1 Å². The molecule has 0 unspecified atom stereocenters. The second-order valence-electron chi connectivity index (χ2n) is 8.27. The Morgan fingerprint density at radius 2 is 1.86 bits per heavy atom. The SMILES string of the molecule is Cc1cnc(CN2CC3(CCC2=O)CCN(Cc2ccccc2F)CC3)cn1. The van der Waals surface area contributed by atoms with Gasteiger partial charge in [-0.2, -0.15) is 0 Å². The lowest BCUT2D eigenvalue weighted by atomic mass is 9.72. The largest absolute Gasteiger partial charge is 0.336 e. The molecule has 2 fully saturated rings. The summed E-state index contributed by atoms with van der Waals surface area (Å²) in [6.45, 7) is 5.78. The van der Waals surface area contributed by atoms with E-state index in [1.54, 1.807) is 18.5 Å². The van der Waals surface area contributed by atoms with Gasteiger partial charge in [0.2, 0.25) is 5.91 Å². The molecule has 0 saturated carbocycles. The molecular formula is C22H27FN4O. The van der Waals surface area contributed by atoms with Gasteiger partial charge < -0.3 is 4.90 Å². The highest BCUT2D eigenvalue weighted by molar-refractivity contribution is 5.77. The van der Waals surface area contributed by atoms with Crippen LogP contribution in [0.1, 0.15) is 42.6 Å². The number of nitrogens with zero attached hydrogens (tertiary/aromatic N) is 4. The first kappa shape index (κ1) is 19.0. The number of aromatic nitrogens is 2. The van der Waals surface area contributed by atoms with Crippen LogP contribution in [0.5, 0.6) is 0 Å². The molecule has 0 radical (unpaired) electrons. The number of rotatable bonds is 4. The van der Waals surface area contributed by atoms with Crippen molar-refractivity contribution < 1.29 is 9.18 Å². The summed E-state index contributed by atoms with van der Waals surface area (Å²) in [7, 11) is 0. The normalized spacial score (nSPS) is 19.9. The Kier molecular flexibility index (Phi) is 5.40. The number of benzene rings is 1. The third kappa shape index (κ3) is 4.22. The van der Waals surface area contributed by atoms with E-state index in [0.29, 0.717) is 19.5 Å². The molecule has 2 aromatic rings. The zero-order valence-corrected chi connectivity index (χ0v) is 16.4. The Hall–Kier alpha value is -2.34. The monoisotopic (exact) mass is 382 g/mol. The molecule has 0 atom stereocenters. The van der Waals surface area contributed by atoms with E-state index in [4.69, 9.17) is 0 Å². The van der Waals surface area contributed by atoms with Crippen LogP contribution in [0.3, 0.4) is 0 Å². The number of amides is 1. The number of hydrogen-bond acceptors (Lipinski definition) is 4. The van der Waals surface area contributed by atoms with Crippen LogP contribution >= 0.6 is 0 Å². The Balaban J connectivity index is 1.37. The number of piperidine rings is 2. The maximum absolute atomic E-state index is 13.9. The zero-order chi connectivity index (χ0) is 19.6. The third-order valence-corrected chi connectivity index (χ3v) is 6.20. The third-order valence-electron chi connectivity index (χ3n) is 6.20. The number of carbonyl (C=O) groups is 1. The summed E-state index contributed by atoms with van der Waals surface area (Å²) in [4.78, 5) is 25.4. The van der Waals surface area contributed by atoms with Gasteiger partial charge in [0.15, 0.2) is 0 Å². The molecule has 3 heterocycles. The second kappa shape index (κ2) is 7.95. The van der Waals surface area contributed by atoms with Gasteiger partial charge in [-0.05, 0) is 50.8 Å². The van der Waals surface area contributed by atoms with Gasteiger partial charge in [-0.25, -0.2) is 4.39 Å². The summed E-state index contributed by atoms with van der Waals surface area (Å²) in [5.74, 6) is 0.0817. The molecule has 0 bridgehead atoms. The summed E-state index contributed by atoms with van der Waals surface area (Å²) in [5, 5.41) is 0. The molecule has 1 aromatic carbocycles. The molecule has 2 aliphatic heterocycles. The number of likely N-dealkylation sites (tertiary alicyclic amines) is 2. The first-order chi connectivity index (χ1) is 13.5. The molecular weight excluding hydrogens is 355 g/mol. The predicted molar refractivity (Wildman–Crippen MR) is 105 cm³/mol. The summed E-state index contributed by atoms with van der Waals surface area (Å²) in [6, 6.07) is 7.02. The van der Waals surface area contributed by atoms with Crippen molar-refractivity contribution in [3.05, 3.63) is 59.4 Å². The predicted octanol–water partition coefficient (Wildman–Crippen LogP) is 3.33. The number of carbonyl (C=O) groups excluding carboxylic acids is 1. The van der Waals surface area contributed by atoms with Crippen LogP contribution < -0.4 is 0 Å². The van der Waals surface area contributed by atoms with E-state index in [1.807, 2.05) is 24.0 Å². The number of aryl methyl sites for hydroxylation is 1. The number of hydrogen-bond donors (Lipinski definition) is 0. The highest BCUT2D eigenvalue weighted by atomic mass is 19.1. The first-order valence-corrected chi connectivity index (χ1v) is 10.0. The van der Waals surface area contributed by atoms with E-state index < -0.39 is 0 Å². The minimum absolute atomic E-state index is 0.128. The van der Waals surface area contributed by atoms with Crippen molar-refractivity contribution in [3.8, 4) is 0 Å². The maximum atomic E-state index is 13.9. The van der Waals surface area contributed by atoms with Crippen LogP contribution in [-0.2, 0) is 17.9 Å². The lowest BCUT2D eigenvalue weighted by Gasteiger charge is -2.47. The van der Waals surface area contributed by atoms with Gasteiger partial charge in [-0.15, -0.1) is 0 Å². The average molecular weight is 382 g/mol. The fourth-order valence-corrected chi connectivity index (χ4v) is 4.40. The molecule has 28 heavy (non-hydrogen) atoms. The minimum atomic E-state index is -0.128. The highest BCUT2D eigenvalue weighted by Gasteiger charge is 2.41. The van der Waals surface area contributed by atoms with Crippen LogP contribution in [0.4, 0.5) is 4.39 Å². The zero-order valence-electron chi connectivity index (χ0n) is 16.4. The maximum Gasteiger partial charge on any atom is 0.222 e. The Morgan fingerprint density at radius 1 is 1.07 bits per heavy atom. The highest BCUT2D eigenvalue weighted by Crippen LogP contribution is 2.40. The first-order valence-electron chi connectivity index (χ1n) is 10.0. The molecule has 1 aromatic heterocycles. The summed E-state index contributed by atoms with van der Waals surface area (Å²) < 4.78 is 13.9. The van der Waals surface area contributed by atoms with E-state index in [2.05, 4.69) is 14.9 Å². The van der Waals surface area contributed by atoms with Crippen LogP contribution in [0, 0.1) is 18.2 Å². The summed E-state index contributed by atoms with van der Waals surface area (Å²) in [5.41, 5.74) is 2.66. The summed E-state index contributed by atoms with van der Waals surface area (Å²) >= 11 is 0.